The number of rotatable bonds is 3. The van der Waals surface area contributed by atoms with E-state index in [1.54, 1.807) is 0 Å². The van der Waals surface area contributed by atoms with Crippen molar-refractivity contribution in [2.45, 2.75) is 71.0 Å². The van der Waals surface area contributed by atoms with E-state index in [0.717, 1.165) is 92.0 Å². The van der Waals surface area contributed by atoms with Crippen molar-refractivity contribution in [3.63, 3.8) is 0 Å². The number of hydrogen-bond acceptors (Lipinski definition) is 7. The predicted molar refractivity (Wildman–Crippen MR) is 164 cm³/mol. The van der Waals surface area contributed by atoms with E-state index < -0.39 is 0 Å². The highest BCUT2D eigenvalue weighted by molar-refractivity contribution is 6.05. The van der Waals surface area contributed by atoms with Crippen LogP contribution in [0.4, 0.5) is 11.6 Å². The van der Waals surface area contributed by atoms with Crippen molar-refractivity contribution in [3.05, 3.63) is 47.8 Å². The minimum absolute atomic E-state index is 0.206. The van der Waals surface area contributed by atoms with Gasteiger partial charge in [-0.25, -0.2) is 9.67 Å². The molecule has 1 aliphatic carbocycles. The zero-order chi connectivity index (χ0) is 28.8. The first-order valence-electron chi connectivity index (χ1n) is 15.4. The lowest BCUT2D eigenvalue weighted by molar-refractivity contribution is 0.102. The number of nitrogens with one attached hydrogen (secondary N) is 2. The van der Waals surface area contributed by atoms with Gasteiger partial charge in [0.2, 0.25) is 11.8 Å². The van der Waals surface area contributed by atoms with Crippen molar-refractivity contribution < 1.29 is 9.53 Å². The Bertz CT molecular complexity index is 1610. The Morgan fingerprint density at radius 1 is 1.05 bits per heavy atom. The summed E-state index contributed by atoms with van der Waals surface area (Å²) in [7, 11) is 2.18. The molecule has 3 aromatic heterocycles. The first kappa shape index (κ1) is 26.9. The predicted octanol–water partition coefficient (Wildman–Crippen LogP) is 5.51. The number of anilines is 2. The first-order chi connectivity index (χ1) is 20.4. The standard InChI is InChI=1S/C32H40N8O2/c1-20-5-4-14-42-31-26(18-33-40(31)25-7-8-25)27-16-22(15-21(2)34-27)30(41)37-32-36-28-17-24(6-9-29(28)39(32)19-20)35-23-10-12-38(3)13-11-23/h6,9,15-18,20,23,25,35H,4-5,7-8,10-14,19H2,1-3H3,(H,36,37,41)/t20-/m1/s1. The van der Waals surface area contributed by atoms with Gasteiger partial charge < -0.3 is 19.5 Å². The molecule has 0 unspecified atom stereocenters. The molecule has 7 rings (SSSR count). The van der Waals surface area contributed by atoms with E-state index in [1.807, 2.05) is 29.9 Å². The van der Waals surface area contributed by atoms with Crippen LogP contribution >= 0.6 is 0 Å². The van der Waals surface area contributed by atoms with Crippen LogP contribution in [0.3, 0.4) is 0 Å². The number of pyridine rings is 1. The van der Waals surface area contributed by atoms with E-state index in [-0.39, 0.29) is 5.91 Å². The van der Waals surface area contributed by atoms with Gasteiger partial charge in [-0.1, -0.05) is 6.92 Å². The van der Waals surface area contributed by atoms with Gasteiger partial charge in [0, 0.05) is 29.5 Å². The highest BCUT2D eigenvalue weighted by atomic mass is 16.5. The quantitative estimate of drug-likeness (QED) is 0.336. The van der Waals surface area contributed by atoms with E-state index in [0.29, 0.717) is 41.8 Å². The molecule has 10 nitrogen and oxygen atoms in total. The third kappa shape index (κ3) is 5.47. The average Bonchev–Trinajstić information content (AvgIpc) is 3.65. The van der Waals surface area contributed by atoms with Crippen LogP contribution in [0, 0.1) is 12.8 Å². The van der Waals surface area contributed by atoms with Crippen molar-refractivity contribution in [2.24, 2.45) is 5.92 Å². The van der Waals surface area contributed by atoms with Gasteiger partial charge in [-0.2, -0.15) is 5.10 Å². The van der Waals surface area contributed by atoms with E-state index >= 15 is 0 Å². The lowest BCUT2D eigenvalue weighted by Crippen LogP contribution is -2.36. The second kappa shape index (κ2) is 11.1. The molecule has 0 spiro atoms. The van der Waals surface area contributed by atoms with Gasteiger partial charge in [-0.3, -0.25) is 15.1 Å². The van der Waals surface area contributed by atoms with Gasteiger partial charge in [-0.05, 0) is 102 Å². The molecule has 5 heterocycles. The molecule has 220 valence electrons. The molecule has 1 saturated carbocycles. The summed E-state index contributed by atoms with van der Waals surface area (Å²) >= 11 is 0. The summed E-state index contributed by atoms with van der Waals surface area (Å²) in [5.74, 6) is 1.49. The Kier molecular flexibility index (Phi) is 7.09. The number of piperidine rings is 1. The molecule has 4 aromatic rings. The maximum Gasteiger partial charge on any atom is 0.258 e. The number of amides is 1. The number of benzene rings is 1. The number of carbonyl (C=O) groups is 1. The van der Waals surface area contributed by atoms with Gasteiger partial charge in [0.1, 0.15) is 0 Å². The molecular weight excluding hydrogens is 528 g/mol. The largest absolute Gasteiger partial charge is 0.477 e. The Morgan fingerprint density at radius 3 is 2.69 bits per heavy atom. The minimum Gasteiger partial charge on any atom is -0.477 e. The highest BCUT2D eigenvalue weighted by Crippen LogP contribution is 2.41. The molecule has 1 atom stereocenters. The fourth-order valence-corrected chi connectivity index (χ4v) is 6.25. The molecule has 1 aromatic carbocycles. The second-order valence-corrected chi connectivity index (χ2v) is 12.4. The maximum atomic E-state index is 13.7. The third-order valence-corrected chi connectivity index (χ3v) is 8.77. The monoisotopic (exact) mass is 568 g/mol. The summed E-state index contributed by atoms with van der Waals surface area (Å²) in [5.41, 5.74) is 5.80. The summed E-state index contributed by atoms with van der Waals surface area (Å²) < 4.78 is 10.5. The SMILES string of the molecule is Cc1cc2cc(n1)-c1cnn(C3CC3)c1OCCC[C@@H](C)Cn1c(nc3cc(NC4CCN(C)CC4)ccc31)NC2=O. The molecule has 0 radical (unpaired) electrons. The van der Waals surface area contributed by atoms with E-state index in [2.05, 4.69) is 57.4 Å². The summed E-state index contributed by atoms with van der Waals surface area (Å²) in [6.07, 6.45) is 8.21. The van der Waals surface area contributed by atoms with Crippen molar-refractivity contribution in [1.29, 1.82) is 0 Å². The maximum absolute atomic E-state index is 13.7. The summed E-state index contributed by atoms with van der Waals surface area (Å²) in [4.78, 5) is 25.8. The Hall–Kier alpha value is -3.92. The molecule has 2 aliphatic heterocycles. The first-order valence-corrected chi connectivity index (χ1v) is 15.4. The van der Waals surface area contributed by atoms with Crippen LogP contribution in [0.2, 0.25) is 0 Å². The average molecular weight is 569 g/mol. The van der Waals surface area contributed by atoms with E-state index in [4.69, 9.17) is 14.7 Å². The molecule has 1 saturated heterocycles. The van der Waals surface area contributed by atoms with Crippen molar-refractivity contribution in [2.75, 3.05) is 37.4 Å². The smallest absolute Gasteiger partial charge is 0.258 e. The number of ether oxygens (including phenoxy) is 1. The van der Waals surface area contributed by atoms with Crippen LogP contribution in [0.1, 0.15) is 67.5 Å². The van der Waals surface area contributed by atoms with Crippen LogP contribution in [-0.2, 0) is 6.54 Å². The van der Waals surface area contributed by atoms with E-state index in [1.165, 1.54) is 0 Å². The fourth-order valence-electron chi connectivity index (χ4n) is 6.25. The van der Waals surface area contributed by atoms with Gasteiger partial charge in [-0.15, -0.1) is 0 Å². The number of carbonyl (C=O) groups excluding carboxylic acids is 1. The Morgan fingerprint density at radius 2 is 1.88 bits per heavy atom. The summed E-state index contributed by atoms with van der Waals surface area (Å²) in [6, 6.07) is 10.9. The number of aromatic nitrogens is 5. The third-order valence-electron chi connectivity index (χ3n) is 8.77. The summed E-state index contributed by atoms with van der Waals surface area (Å²) in [6.45, 7) is 7.73. The molecule has 2 N–H and O–H groups in total. The van der Waals surface area contributed by atoms with Crippen LogP contribution in [0.15, 0.2) is 36.5 Å². The number of aryl methyl sites for hydroxylation is 1. The second-order valence-electron chi connectivity index (χ2n) is 12.4. The Balaban J connectivity index is 1.23. The lowest BCUT2D eigenvalue weighted by atomic mass is 10.0. The van der Waals surface area contributed by atoms with Crippen LogP contribution < -0.4 is 15.4 Å². The van der Waals surface area contributed by atoms with Gasteiger partial charge in [0.15, 0.2) is 0 Å². The zero-order valence-corrected chi connectivity index (χ0v) is 24.8. The lowest BCUT2D eigenvalue weighted by Gasteiger charge is -2.30. The van der Waals surface area contributed by atoms with Gasteiger partial charge in [0.25, 0.3) is 5.91 Å². The molecule has 3 aliphatic rings. The molecule has 42 heavy (non-hydrogen) atoms. The molecule has 1 amide bonds. The van der Waals surface area contributed by atoms with Crippen LogP contribution in [0.5, 0.6) is 5.88 Å². The summed E-state index contributed by atoms with van der Waals surface area (Å²) in [5, 5.41) is 11.5. The highest BCUT2D eigenvalue weighted by Gasteiger charge is 2.30. The number of nitrogens with zero attached hydrogens (tertiary/aromatic N) is 6. The van der Waals surface area contributed by atoms with Gasteiger partial charge in [0.05, 0.1) is 41.1 Å². The van der Waals surface area contributed by atoms with Crippen molar-refractivity contribution in [3.8, 4) is 17.1 Å². The topological polar surface area (TPSA) is 102 Å². The van der Waals surface area contributed by atoms with Crippen LogP contribution in [0.25, 0.3) is 22.3 Å². The molecule has 2 fully saturated rings. The number of hydrogen-bond donors (Lipinski definition) is 2. The van der Waals surface area contributed by atoms with Crippen LogP contribution in [-0.4, -0.2) is 67.9 Å². The molecular formula is C32H40N8O2. The van der Waals surface area contributed by atoms with E-state index in [9.17, 15) is 4.79 Å². The van der Waals surface area contributed by atoms with Crippen molar-refractivity contribution >= 4 is 28.6 Å². The molecule has 10 heteroatoms. The normalized spacial score (nSPS) is 20.6. The Labute approximate surface area is 246 Å². The number of imidazole rings is 1. The van der Waals surface area contributed by atoms with Gasteiger partial charge >= 0.3 is 0 Å². The zero-order valence-electron chi connectivity index (χ0n) is 24.8. The molecule has 2 bridgehead atoms. The van der Waals surface area contributed by atoms with Crippen molar-refractivity contribution in [1.82, 2.24) is 29.2 Å². The fraction of sp³-hybridized carbons (Fsp3) is 0.500. The minimum atomic E-state index is -0.206. The number of fused-ring (bicyclic) bond motifs is 7. The number of likely N-dealkylation sites (tertiary alicyclic amines) is 1.